The van der Waals surface area contributed by atoms with Gasteiger partial charge in [0.05, 0.1) is 0 Å². The minimum atomic E-state index is 0.000327. The smallest absolute Gasteiger partial charge is 0.252 e. The summed E-state index contributed by atoms with van der Waals surface area (Å²) in [5.74, 6) is 0. The number of anilines is 5. The Morgan fingerprint density at radius 1 is 0.587 bits per heavy atom. The maximum absolute atomic E-state index is 2.68. The standard InChI is InChI=1S/C43H37BN2/c1-43(2,3)32-27-39-41-40(28-32)46(33-18-11-6-12-19-33)38-26-31(29-14-7-4-8-15-29)21-23-36(38)44(41)37-24-22-34(30-16-9-5-10-17-30)35-20-13-25-45(39)42(35)37/h4-12,14-19,21-24,26-28H,13,20,25H2,1-3H3. The molecule has 46 heavy (non-hydrogen) atoms. The van der Waals surface area contributed by atoms with Gasteiger partial charge >= 0.3 is 0 Å². The molecule has 9 rings (SSSR count). The highest BCUT2D eigenvalue weighted by Crippen LogP contribution is 2.47. The van der Waals surface area contributed by atoms with Crippen molar-refractivity contribution in [3.05, 3.63) is 145 Å². The first-order valence-corrected chi connectivity index (χ1v) is 16.7. The molecule has 0 N–H and O–H groups in total. The van der Waals surface area contributed by atoms with Gasteiger partial charge in [-0.2, -0.15) is 0 Å². The highest BCUT2D eigenvalue weighted by atomic mass is 15.2. The fourth-order valence-corrected chi connectivity index (χ4v) is 8.13. The average Bonchev–Trinajstić information content (AvgIpc) is 3.10. The number of benzene rings is 6. The zero-order chi connectivity index (χ0) is 31.0. The van der Waals surface area contributed by atoms with Crippen LogP contribution in [0.4, 0.5) is 28.4 Å². The summed E-state index contributed by atoms with van der Waals surface area (Å²) in [6, 6.07) is 49.8. The van der Waals surface area contributed by atoms with Crippen molar-refractivity contribution in [3.63, 3.8) is 0 Å². The van der Waals surface area contributed by atoms with Gasteiger partial charge in [0.2, 0.25) is 0 Å². The third kappa shape index (κ3) is 4.11. The quantitative estimate of drug-likeness (QED) is 0.189. The number of fused-ring (bicyclic) bond motifs is 4. The molecule has 6 aromatic carbocycles. The fraction of sp³-hybridized carbons (Fsp3) is 0.163. The number of rotatable bonds is 3. The van der Waals surface area contributed by atoms with Crippen LogP contribution in [0.25, 0.3) is 22.3 Å². The molecule has 3 heteroatoms. The van der Waals surface area contributed by atoms with Gasteiger partial charge in [-0.05, 0) is 98.4 Å². The molecule has 0 saturated carbocycles. The maximum atomic E-state index is 2.68. The summed E-state index contributed by atoms with van der Waals surface area (Å²) in [4.78, 5) is 5.22. The monoisotopic (exact) mass is 592 g/mol. The van der Waals surface area contributed by atoms with E-state index in [9.17, 15) is 0 Å². The molecule has 3 aliphatic heterocycles. The molecule has 222 valence electrons. The molecule has 0 aliphatic carbocycles. The molecule has 0 radical (unpaired) electrons. The summed E-state index contributed by atoms with van der Waals surface area (Å²) in [5.41, 5.74) is 18.9. The van der Waals surface area contributed by atoms with Crippen molar-refractivity contribution in [3.8, 4) is 22.3 Å². The van der Waals surface area contributed by atoms with Crippen LogP contribution >= 0.6 is 0 Å². The molecule has 0 spiro atoms. The van der Waals surface area contributed by atoms with Crippen molar-refractivity contribution in [1.82, 2.24) is 0 Å². The first-order chi connectivity index (χ1) is 22.5. The number of hydrogen-bond donors (Lipinski definition) is 0. The normalized spacial score (nSPS) is 14.5. The van der Waals surface area contributed by atoms with E-state index in [-0.39, 0.29) is 12.1 Å². The molecule has 0 bridgehead atoms. The van der Waals surface area contributed by atoms with E-state index in [1.165, 1.54) is 78.2 Å². The number of hydrogen-bond acceptors (Lipinski definition) is 2. The fourth-order valence-electron chi connectivity index (χ4n) is 8.13. The van der Waals surface area contributed by atoms with Crippen LogP contribution in [0.1, 0.15) is 38.3 Å². The van der Waals surface area contributed by atoms with Crippen LogP contribution in [0.15, 0.2) is 133 Å². The van der Waals surface area contributed by atoms with Crippen LogP contribution in [0.5, 0.6) is 0 Å². The second-order valence-corrected chi connectivity index (χ2v) is 14.1. The Bertz CT molecular complexity index is 2110. The van der Waals surface area contributed by atoms with E-state index in [0.29, 0.717) is 0 Å². The molecule has 0 saturated heterocycles. The second kappa shape index (κ2) is 10.3. The molecule has 0 atom stereocenters. The van der Waals surface area contributed by atoms with Gasteiger partial charge in [-0.15, -0.1) is 0 Å². The van der Waals surface area contributed by atoms with Gasteiger partial charge < -0.3 is 9.80 Å². The lowest BCUT2D eigenvalue weighted by Gasteiger charge is -2.47. The van der Waals surface area contributed by atoms with E-state index in [1.54, 1.807) is 0 Å². The van der Waals surface area contributed by atoms with Crippen LogP contribution in [0, 0.1) is 0 Å². The summed E-state index contributed by atoms with van der Waals surface area (Å²) >= 11 is 0. The van der Waals surface area contributed by atoms with E-state index < -0.39 is 0 Å². The first-order valence-electron chi connectivity index (χ1n) is 16.7. The average molecular weight is 593 g/mol. The molecule has 6 aromatic rings. The summed E-state index contributed by atoms with van der Waals surface area (Å²) in [6.07, 6.45) is 2.25. The Balaban J connectivity index is 1.38. The molecule has 3 aliphatic rings. The molecular formula is C43H37BN2. The molecule has 3 heterocycles. The van der Waals surface area contributed by atoms with Crippen molar-refractivity contribution in [2.75, 3.05) is 16.3 Å². The Labute approximate surface area is 273 Å². The summed E-state index contributed by atoms with van der Waals surface area (Å²) in [5, 5.41) is 0. The van der Waals surface area contributed by atoms with Crippen LogP contribution in [-0.2, 0) is 11.8 Å². The van der Waals surface area contributed by atoms with E-state index in [4.69, 9.17) is 0 Å². The lowest BCUT2D eigenvalue weighted by molar-refractivity contribution is 0.590. The molecule has 0 fully saturated rings. The van der Waals surface area contributed by atoms with E-state index >= 15 is 0 Å². The van der Waals surface area contributed by atoms with Crippen LogP contribution < -0.4 is 26.2 Å². The molecule has 2 nitrogen and oxygen atoms in total. The SMILES string of the molecule is CC(C)(C)c1cc2c3c(c1)N(c1ccccc1)c1cc(-c4ccccc4)ccc1B3c1ccc(-c3ccccc3)c3c1N2CCC3. The highest BCUT2D eigenvalue weighted by Gasteiger charge is 2.45. The zero-order valence-corrected chi connectivity index (χ0v) is 26.8. The summed E-state index contributed by atoms with van der Waals surface area (Å²) < 4.78 is 0. The van der Waals surface area contributed by atoms with Gasteiger partial charge in [-0.1, -0.05) is 124 Å². The maximum Gasteiger partial charge on any atom is 0.252 e. The Morgan fingerprint density at radius 3 is 1.96 bits per heavy atom. The van der Waals surface area contributed by atoms with E-state index in [0.717, 1.165) is 19.4 Å². The predicted octanol–water partition coefficient (Wildman–Crippen LogP) is 9.02. The molecular weight excluding hydrogens is 555 g/mol. The zero-order valence-electron chi connectivity index (χ0n) is 26.8. The molecule has 0 amide bonds. The van der Waals surface area contributed by atoms with E-state index in [2.05, 4.69) is 164 Å². The van der Waals surface area contributed by atoms with Crippen molar-refractivity contribution in [2.45, 2.75) is 39.0 Å². The predicted molar refractivity (Wildman–Crippen MR) is 197 cm³/mol. The van der Waals surface area contributed by atoms with Crippen molar-refractivity contribution in [1.29, 1.82) is 0 Å². The van der Waals surface area contributed by atoms with Crippen LogP contribution in [0.2, 0.25) is 0 Å². The third-order valence-electron chi connectivity index (χ3n) is 10.3. The first kappa shape index (κ1) is 27.3. The van der Waals surface area contributed by atoms with Gasteiger partial charge in [-0.3, -0.25) is 0 Å². The topological polar surface area (TPSA) is 6.48 Å². The van der Waals surface area contributed by atoms with Crippen molar-refractivity contribution >= 4 is 51.5 Å². The largest absolute Gasteiger partial charge is 0.342 e. The number of para-hydroxylation sites is 1. The lowest BCUT2D eigenvalue weighted by Crippen LogP contribution is -2.62. The molecule has 0 aromatic heterocycles. The van der Waals surface area contributed by atoms with E-state index in [1.807, 2.05) is 0 Å². The van der Waals surface area contributed by atoms with Crippen LogP contribution in [0.3, 0.4) is 0 Å². The minimum Gasteiger partial charge on any atom is -0.342 e. The summed E-state index contributed by atoms with van der Waals surface area (Å²) in [7, 11) is 0. The van der Waals surface area contributed by atoms with Gasteiger partial charge in [-0.25, -0.2) is 0 Å². The molecule has 0 unspecified atom stereocenters. The Hall–Kier alpha value is -5.02. The van der Waals surface area contributed by atoms with Gasteiger partial charge in [0.25, 0.3) is 6.71 Å². The van der Waals surface area contributed by atoms with Crippen LogP contribution in [-0.4, -0.2) is 13.3 Å². The van der Waals surface area contributed by atoms with Crippen molar-refractivity contribution < 1.29 is 0 Å². The lowest BCUT2D eigenvalue weighted by atomic mass is 9.33. The highest BCUT2D eigenvalue weighted by molar-refractivity contribution is 7.00. The summed E-state index contributed by atoms with van der Waals surface area (Å²) in [6.45, 7) is 8.24. The third-order valence-corrected chi connectivity index (χ3v) is 10.3. The Kier molecular flexibility index (Phi) is 6.09. The van der Waals surface area contributed by atoms with Gasteiger partial charge in [0, 0.05) is 35.0 Å². The van der Waals surface area contributed by atoms with Gasteiger partial charge in [0.15, 0.2) is 0 Å². The van der Waals surface area contributed by atoms with Crippen molar-refractivity contribution in [2.24, 2.45) is 0 Å². The number of nitrogens with zero attached hydrogens (tertiary/aromatic N) is 2. The van der Waals surface area contributed by atoms with Gasteiger partial charge in [0.1, 0.15) is 0 Å². The second-order valence-electron chi connectivity index (χ2n) is 14.1. The Morgan fingerprint density at radius 2 is 1.24 bits per heavy atom. The minimum absolute atomic E-state index is 0.000327.